The van der Waals surface area contributed by atoms with E-state index in [0.717, 1.165) is 16.6 Å². The molecule has 0 fully saturated rings. The highest BCUT2D eigenvalue weighted by Crippen LogP contribution is 2.33. The van der Waals surface area contributed by atoms with Crippen LogP contribution in [-0.2, 0) is 0 Å². The second-order valence-corrected chi connectivity index (χ2v) is 5.57. The van der Waals surface area contributed by atoms with E-state index in [9.17, 15) is 9.65 Å². The van der Waals surface area contributed by atoms with E-state index in [1.54, 1.807) is 30.3 Å². The number of fused-ring (bicyclic) bond motifs is 1. The van der Waals surface area contributed by atoms with Crippen molar-refractivity contribution in [2.45, 2.75) is 0 Å². The molecule has 0 aliphatic rings. The highest BCUT2D eigenvalue weighted by atomic mass is 19.1. The van der Waals surface area contributed by atoms with Gasteiger partial charge in [0.2, 0.25) is 5.88 Å². The van der Waals surface area contributed by atoms with Crippen LogP contribution in [0.4, 0.5) is 4.39 Å². The number of hydrogen-bond donors (Lipinski definition) is 0. The van der Waals surface area contributed by atoms with Gasteiger partial charge in [0, 0.05) is 17.1 Å². The van der Waals surface area contributed by atoms with E-state index in [1.165, 1.54) is 6.07 Å². The summed E-state index contributed by atoms with van der Waals surface area (Å²) in [6.45, 7) is 0. The van der Waals surface area contributed by atoms with Crippen molar-refractivity contribution in [3.63, 3.8) is 0 Å². The maximum absolute atomic E-state index is 14.0. The molecule has 0 amide bonds. The van der Waals surface area contributed by atoms with Crippen LogP contribution in [0.3, 0.4) is 0 Å². The van der Waals surface area contributed by atoms with Gasteiger partial charge in [-0.1, -0.05) is 36.4 Å². The van der Waals surface area contributed by atoms with Gasteiger partial charge in [-0.25, -0.2) is 4.39 Å². The lowest BCUT2D eigenvalue weighted by atomic mass is 10.2. The molecule has 4 rings (SSSR count). The molecule has 0 bridgehead atoms. The first kappa shape index (κ1) is 15.0. The van der Waals surface area contributed by atoms with Crippen LogP contribution in [0, 0.1) is 17.1 Å². The van der Waals surface area contributed by atoms with Crippen LogP contribution in [0.25, 0.3) is 16.6 Å². The Labute approximate surface area is 144 Å². The number of aromatic nitrogens is 1. The van der Waals surface area contributed by atoms with Crippen molar-refractivity contribution >= 4 is 10.9 Å². The molecule has 0 atom stereocenters. The molecule has 0 saturated carbocycles. The normalized spacial score (nSPS) is 10.6. The summed E-state index contributed by atoms with van der Waals surface area (Å²) in [6.07, 6.45) is 0. The Kier molecular flexibility index (Phi) is 3.68. The van der Waals surface area contributed by atoms with Crippen molar-refractivity contribution in [1.29, 1.82) is 5.26 Å². The molecule has 3 nitrogen and oxygen atoms in total. The number of para-hydroxylation sites is 2. The van der Waals surface area contributed by atoms with Crippen molar-refractivity contribution in [3.8, 4) is 23.4 Å². The van der Waals surface area contributed by atoms with Crippen molar-refractivity contribution in [2.75, 3.05) is 0 Å². The maximum Gasteiger partial charge on any atom is 0.205 e. The van der Waals surface area contributed by atoms with Gasteiger partial charge in [0.1, 0.15) is 0 Å². The van der Waals surface area contributed by atoms with Crippen molar-refractivity contribution in [2.24, 2.45) is 0 Å². The fourth-order valence-electron chi connectivity index (χ4n) is 2.80. The Morgan fingerprint density at radius 3 is 2.40 bits per heavy atom. The van der Waals surface area contributed by atoms with Gasteiger partial charge in [0.05, 0.1) is 17.1 Å². The lowest BCUT2D eigenvalue weighted by Crippen LogP contribution is -1.98. The van der Waals surface area contributed by atoms with Crippen LogP contribution in [-0.4, -0.2) is 4.57 Å². The van der Waals surface area contributed by atoms with Crippen LogP contribution in [0.15, 0.2) is 78.9 Å². The summed E-state index contributed by atoms with van der Waals surface area (Å²) in [6, 6.07) is 25.3. The van der Waals surface area contributed by atoms with Crippen LogP contribution < -0.4 is 4.74 Å². The minimum Gasteiger partial charge on any atom is -0.437 e. The van der Waals surface area contributed by atoms with Crippen LogP contribution in [0.2, 0.25) is 0 Å². The molecular formula is C21H13FN2O. The molecule has 0 radical (unpaired) electrons. The zero-order chi connectivity index (χ0) is 17.2. The van der Waals surface area contributed by atoms with E-state index < -0.39 is 5.82 Å². The fourth-order valence-corrected chi connectivity index (χ4v) is 2.80. The first-order chi connectivity index (χ1) is 12.3. The highest BCUT2D eigenvalue weighted by Gasteiger charge is 2.14. The first-order valence-corrected chi connectivity index (χ1v) is 7.80. The number of nitriles is 1. The van der Waals surface area contributed by atoms with Gasteiger partial charge in [-0.2, -0.15) is 5.26 Å². The molecule has 4 heteroatoms. The molecule has 1 heterocycles. The Hall–Kier alpha value is -3.58. The molecule has 0 aliphatic carbocycles. The van der Waals surface area contributed by atoms with Gasteiger partial charge < -0.3 is 4.74 Å². The highest BCUT2D eigenvalue weighted by molar-refractivity contribution is 5.85. The lowest BCUT2D eigenvalue weighted by molar-refractivity contribution is 0.422. The third kappa shape index (κ3) is 2.73. The summed E-state index contributed by atoms with van der Waals surface area (Å²) < 4.78 is 21.7. The summed E-state index contributed by atoms with van der Waals surface area (Å²) >= 11 is 0. The first-order valence-electron chi connectivity index (χ1n) is 7.80. The smallest absolute Gasteiger partial charge is 0.205 e. The predicted octanol–water partition coefficient (Wildman–Crippen LogP) is 5.43. The average molecular weight is 328 g/mol. The number of ether oxygens (including phenoxy) is 1. The molecule has 3 aromatic carbocycles. The fraction of sp³-hybridized carbons (Fsp3) is 0. The second-order valence-electron chi connectivity index (χ2n) is 5.57. The molecular weight excluding hydrogens is 315 g/mol. The summed E-state index contributed by atoms with van der Waals surface area (Å²) in [5.74, 6) is 0.217. The quantitative estimate of drug-likeness (QED) is 0.502. The molecule has 0 unspecified atom stereocenters. The maximum atomic E-state index is 14.0. The topological polar surface area (TPSA) is 37.9 Å². The Morgan fingerprint density at radius 2 is 1.64 bits per heavy atom. The van der Waals surface area contributed by atoms with Crippen molar-refractivity contribution < 1.29 is 9.13 Å². The largest absolute Gasteiger partial charge is 0.437 e. The number of nitrogens with zero attached hydrogens (tertiary/aromatic N) is 2. The Morgan fingerprint density at radius 1 is 0.880 bits per heavy atom. The van der Waals surface area contributed by atoms with E-state index in [0.29, 0.717) is 11.4 Å². The molecule has 120 valence electrons. The van der Waals surface area contributed by atoms with Gasteiger partial charge >= 0.3 is 0 Å². The summed E-state index contributed by atoms with van der Waals surface area (Å²) in [5, 5.41) is 10.1. The Bertz CT molecular complexity index is 1090. The second kappa shape index (κ2) is 6.14. The van der Waals surface area contributed by atoms with E-state index >= 15 is 0 Å². The van der Waals surface area contributed by atoms with Crippen molar-refractivity contribution in [3.05, 3.63) is 90.2 Å². The van der Waals surface area contributed by atoms with Crippen LogP contribution in [0.1, 0.15) is 5.56 Å². The molecule has 0 N–H and O–H groups in total. The summed E-state index contributed by atoms with van der Waals surface area (Å²) in [7, 11) is 0. The van der Waals surface area contributed by atoms with E-state index in [2.05, 4.69) is 6.07 Å². The third-order valence-corrected chi connectivity index (χ3v) is 3.97. The number of halogens is 1. The van der Waals surface area contributed by atoms with Gasteiger partial charge in [-0.3, -0.25) is 4.57 Å². The van der Waals surface area contributed by atoms with Gasteiger partial charge in [0.25, 0.3) is 0 Å². The van der Waals surface area contributed by atoms with E-state index in [-0.39, 0.29) is 5.75 Å². The molecule has 0 spiro atoms. The minimum atomic E-state index is -0.426. The molecule has 25 heavy (non-hydrogen) atoms. The summed E-state index contributed by atoms with van der Waals surface area (Å²) in [4.78, 5) is 0. The lowest BCUT2D eigenvalue weighted by Gasteiger charge is -2.12. The Balaban J connectivity index is 1.94. The summed E-state index contributed by atoms with van der Waals surface area (Å²) in [5.41, 5.74) is 2.26. The molecule has 4 aromatic rings. The van der Waals surface area contributed by atoms with Gasteiger partial charge in [-0.15, -0.1) is 0 Å². The van der Waals surface area contributed by atoms with Crippen molar-refractivity contribution in [1.82, 2.24) is 4.57 Å². The monoisotopic (exact) mass is 328 g/mol. The van der Waals surface area contributed by atoms with Gasteiger partial charge in [0.15, 0.2) is 11.6 Å². The average Bonchev–Trinajstić information content (AvgIpc) is 3.01. The minimum absolute atomic E-state index is 0.156. The third-order valence-electron chi connectivity index (χ3n) is 3.97. The molecule has 0 aliphatic heterocycles. The van der Waals surface area contributed by atoms with Crippen LogP contribution in [0.5, 0.6) is 11.6 Å². The SMILES string of the molecule is N#Cc1ccc2cc(Oc3ccccc3F)n(-c3ccccc3)c2c1. The number of rotatable bonds is 3. The van der Waals surface area contributed by atoms with Crippen LogP contribution >= 0.6 is 0 Å². The zero-order valence-corrected chi connectivity index (χ0v) is 13.2. The van der Waals surface area contributed by atoms with E-state index in [4.69, 9.17) is 4.74 Å². The number of hydrogen-bond acceptors (Lipinski definition) is 2. The standard InChI is InChI=1S/C21H13FN2O/c22-18-8-4-5-9-20(18)25-21-13-16-11-10-15(14-23)12-19(16)24(21)17-6-2-1-3-7-17/h1-13H. The predicted molar refractivity (Wildman–Crippen MR) is 94.5 cm³/mol. The zero-order valence-electron chi connectivity index (χ0n) is 13.2. The molecule has 1 aromatic heterocycles. The van der Waals surface area contributed by atoms with Gasteiger partial charge in [-0.05, 0) is 36.4 Å². The van der Waals surface area contributed by atoms with E-state index in [1.807, 2.05) is 47.0 Å². The number of benzene rings is 3. The molecule has 0 saturated heterocycles.